The van der Waals surface area contributed by atoms with Crippen LogP contribution in [0.15, 0.2) is 60.9 Å². The van der Waals surface area contributed by atoms with Gasteiger partial charge in [-0.05, 0) is 48.4 Å². The summed E-state index contributed by atoms with van der Waals surface area (Å²) in [5, 5.41) is 3.20. The molecule has 4 aromatic rings. The molecular weight excluding hydrogens is 466 g/mol. The number of carbonyl (C=O) groups excluding carboxylic acids is 1. The van der Waals surface area contributed by atoms with Gasteiger partial charge in [0.25, 0.3) is 5.91 Å². The van der Waals surface area contributed by atoms with E-state index in [2.05, 4.69) is 24.9 Å². The molecule has 1 aromatic carbocycles. The zero-order valence-electron chi connectivity index (χ0n) is 18.2. The fourth-order valence-electron chi connectivity index (χ4n) is 3.83. The predicted molar refractivity (Wildman–Crippen MR) is 121 cm³/mol. The quantitative estimate of drug-likeness (QED) is 0.390. The van der Waals surface area contributed by atoms with Crippen molar-refractivity contribution in [3.8, 4) is 5.75 Å². The third-order valence-electron chi connectivity index (χ3n) is 5.62. The number of anilines is 2. The molecule has 4 heterocycles. The molecule has 0 saturated carbocycles. The summed E-state index contributed by atoms with van der Waals surface area (Å²) >= 11 is 0. The lowest BCUT2D eigenvalue weighted by Gasteiger charge is -2.31. The number of ether oxygens (including phenoxy) is 1. The fourth-order valence-corrected chi connectivity index (χ4v) is 3.83. The summed E-state index contributed by atoms with van der Waals surface area (Å²) in [5.74, 6) is -0.535. The highest BCUT2D eigenvalue weighted by Crippen LogP contribution is 2.26. The summed E-state index contributed by atoms with van der Waals surface area (Å²) in [6.07, 6.45) is -1.06. The summed E-state index contributed by atoms with van der Waals surface area (Å²) in [6, 6.07) is 11.6. The minimum atomic E-state index is -4.79. The summed E-state index contributed by atoms with van der Waals surface area (Å²) in [5.41, 5.74) is 1.65. The average molecular weight is 485 g/mol. The van der Waals surface area contributed by atoms with Crippen molar-refractivity contribution in [3.05, 3.63) is 78.0 Å². The Kier molecular flexibility index (Phi) is 5.75. The molecule has 11 heteroatoms. The predicted octanol–water partition coefficient (Wildman–Crippen LogP) is 4.98. The van der Waals surface area contributed by atoms with Crippen LogP contribution in [-0.2, 0) is 6.54 Å². The van der Waals surface area contributed by atoms with Crippen LogP contribution in [0.5, 0.6) is 5.75 Å². The highest BCUT2D eigenvalue weighted by molar-refractivity contribution is 6.06. The molecule has 1 amide bonds. The molecule has 1 N–H and O–H groups in total. The van der Waals surface area contributed by atoms with Gasteiger partial charge in [-0.25, -0.2) is 14.4 Å². The van der Waals surface area contributed by atoms with Crippen molar-refractivity contribution in [1.29, 1.82) is 0 Å². The Bertz CT molecular complexity index is 1360. The molecule has 0 radical (unpaired) electrons. The molecule has 1 saturated heterocycles. The molecule has 0 atom stereocenters. The van der Waals surface area contributed by atoms with Crippen LogP contribution in [0.4, 0.5) is 29.1 Å². The number of alkyl halides is 3. The Morgan fingerprint density at radius 3 is 2.43 bits per heavy atom. The standard InChI is InChI=1S/C24H19F4N5O2/c25-17-10-16-11-20(23(34)31-18-4-7-21(29-13-18)32-8-1-9-32)33(22(16)30-12-17)14-15-2-5-19(6-3-15)35-24(26,27)28/h2-7,10-13H,1,8-9,14H2,(H,31,34). The number of amides is 1. The third-order valence-corrected chi connectivity index (χ3v) is 5.62. The second kappa shape index (κ2) is 8.90. The van der Waals surface area contributed by atoms with Gasteiger partial charge < -0.3 is 19.5 Å². The van der Waals surface area contributed by atoms with Crippen LogP contribution in [0.2, 0.25) is 0 Å². The van der Waals surface area contributed by atoms with E-state index in [4.69, 9.17) is 0 Å². The number of pyridine rings is 2. The first-order valence-electron chi connectivity index (χ1n) is 10.8. The number of benzene rings is 1. The molecular formula is C24H19F4N5O2. The van der Waals surface area contributed by atoms with Gasteiger partial charge in [0.2, 0.25) is 0 Å². The molecule has 1 aliphatic heterocycles. The van der Waals surface area contributed by atoms with Gasteiger partial charge in [-0.15, -0.1) is 13.2 Å². The molecule has 0 bridgehead atoms. The first kappa shape index (κ1) is 22.6. The number of aromatic nitrogens is 3. The first-order valence-corrected chi connectivity index (χ1v) is 10.8. The highest BCUT2D eigenvalue weighted by atomic mass is 19.4. The van der Waals surface area contributed by atoms with Crippen molar-refractivity contribution in [2.45, 2.75) is 19.3 Å². The number of fused-ring (bicyclic) bond motifs is 1. The second-order valence-electron chi connectivity index (χ2n) is 8.07. The zero-order valence-corrected chi connectivity index (χ0v) is 18.2. The van der Waals surface area contributed by atoms with Crippen molar-refractivity contribution in [2.75, 3.05) is 23.3 Å². The maximum Gasteiger partial charge on any atom is 0.573 e. The molecule has 3 aromatic heterocycles. The van der Waals surface area contributed by atoms with E-state index in [9.17, 15) is 22.4 Å². The highest BCUT2D eigenvalue weighted by Gasteiger charge is 2.31. The first-order chi connectivity index (χ1) is 16.7. The van der Waals surface area contributed by atoms with Crippen LogP contribution in [0, 0.1) is 5.82 Å². The maximum atomic E-state index is 13.8. The molecule has 7 nitrogen and oxygen atoms in total. The van der Waals surface area contributed by atoms with Crippen LogP contribution in [0.3, 0.4) is 0 Å². The SMILES string of the molecule is O=C(Nc1ccc(N2CCC2)nc1)c1cc2cc(F)cnc2n1Cc1ccc(OC(F)(F)F)cc1. The van der Waals surface area contributed by atoms with Gasteiger partial charge in [-0.3, -0.25) is 4.79 Å². The summed E-state index contributed by atoms with van der Waals surface area (Å²) < 4.78 is 56.6. The number of hydrogen-bond donors (Lipinski definition) is 1. The van der Waals surface area contributed by atoms with Crippen LogP contribution in [0.25, 0.3) is 11.0 Å². The number of nitrogens with one attached hydrogen (secondary N) is 1. The van der Waals surface area contributed by atoms with E-state index >= 15 is 0 Å². The normalized spacial score (nSPS) is 13.5. The van der Waals surface area contributed by atoms with Gasteiger partial charge in [0, 0.05) is 25.0 Å². The van der Waals surface area contributed by atoms with E-state index in [0.717, 1.165) is 31.5 Å². The monoisotopic (exact) mass is 485 g/mol. The van der Waals surface area contributed by atoms with E-state index < -0.39 is 18.1 Å². The number of rotatable bonds is 6. The van der Waals surface area contributed by atoms with Gasteiger partial charge in [-0.1, -0.05) is 12.1 Å². The molecule has 1 fully saturated rings. The minimum Gasteiger partial charge on any atom is -0.406 e. The van der Waals surface area contributed by atoms with Gasteiger partial charge >= 0.3 is 6.36 Å². The van der Waals surface area contributed by atoms with Crippen LogP contribution in [0.1, 0.15) is 22.5 Å². The topological polar surface area (TPSA) is 72.3 Å². The summed E-state index contributed by atoms with van der Waals surface area (Å²) in [7, 11) is 0. The van der Waals surface area contributed by atoms with Crippen LogP contribution in [-0.4, -0.2) is 39.9 Å². The van der Waals surface area contributed by atoms with Crippen molar-refractivity contribution >= 4 is 28.4 Å². The van der Waals surface area contributed by atoms with E-state index in [1.165, 1.54) is 36.4 Å². The summed E-state index contributed by atoms with van der Waals surface area (Å²) in [4.78, 5) is 23.8. The van der Waals surface area contributed by atoms with E-state index in [-0.39, 0.29) is 18.0 Å². The van der Waals surface area contributed by atoms with Crippen molar-refractivity contribution in [3.63, 3.8) is 0 Å². The van der Waals surface area contributed by atoms with Crippen molar-refractivity contribution < 1.29 is 27.1 Å². The Balaban J connectivity index is 1.41. The van der Waals surface area contributed by atoms with Crippen molar-refractivity contribution in [1.82, 2.24) is 14.5 Å². The molecule has 1 aliphatic rings. The molecule has 0 spiro atoms. The Morgan fingerprint density at radius 2 is 1.80 bits per heavy atom. The molecule has 35 heavy (non-hydrogen) atoms. The Labute approximate surface area is 197 Å². The zero-order chi connectivity index (χ0) is 24.6. The van der Waals surface area contributed by atoms with Crippen LogP contribution < -0.4 is 15.0 Å². The van der Waals surface area contributed by atoms with Crippen LogP contribution >= 0.6 is 0 Å². The molecule has 5 rings (SSSR count). The smallest absolute Gasteiger partial charge is 0.406 e. The third kappa shape index (κ3) is 5.03. The van der Waals surface area contributed by atoms with Crippen molar-refractivity contribution in [2.24, 2.45) is 0 Å². The van der Waals surface area contributed by atoms with E-state index in [1.54, 1.807) is 16.8 Å². The largest absolute Gasteiger partial charge is 0.573 e. The lowest BCUT2D eigenvalue weighted by atomic mass is 10.2. The van der Waals surface area contributed by atoms with Gasteiger partial charge in [0.05, 0.1) is 18.1 Å². The lowest BCUT2D eigenvalue weighted by Crippen LogP contribution is -2.37. The molecule has 0 aliphatic carbocycles. The number of nitrogens with zero attached hydrogens (tertiary/aromatic N) is 4. The summed E-state index contributed by atoms with van der Waals surface area (Å²) in [6.45, 7) is 2.01. The minimum absolute atomic E-state index is 0.114. The average Bonchev–Trinajstić information content (AvgIpc) is 3.11. The molecule has 0 unspecified atom stereocenters. The van der Waals surface area contributed by atoms with E-state index in [0.29, 0.717) is 22.3 Å². The number of carbonyl (C=O) groups is 1. The van der Waals surface area contributed by atoms with E-state index in [1.807, 2.05) is 6.07 Å². The van der Waals surface area contributed by atoms with Gasteiger partial charge in [0.15, 0.2) is 0 Å². The van der Waals surface area contributed by atoms with Gasteiger partial charge in [0.1, 0.15) is 28.7 Å². The Morgan fingerprint density at radius 1 is 1.03 bits per heavy atom. The Hall–Kier alpha value is -4.15. The van der Waals surface area contributed by atoms with Gasteiger partial charge in [-0.2, -0.15) is 0 Å². The maximum absolute atomic E-state index is 13.8. The lowest BCUT2D eigenvalue weighted by molar-refractivity contribution is -0.274. The second-order valence-corrected chi connectivity index (χ2v) is 8.07. The number of hydrogen-bond acceptors (Lipinski definition) is 5. The fraction of sp³-hybridized carbons (Fsp3) is 0.208. The number of halogens is 4. The molecule has 180 valence electrons.